The summed E-state index contributed by atoms with van der Waals surface area (Å²) in [5, 5.41) is 10.6. The quantitative estimate of drug-likeness (QED) is 0.379. The zero-order valence-corrected chi connectivity index (χ0v) is 24.9. The number of nitrogens with zero attached hydrogens (tertiary/aromatic N) is 3. The van der Waals surface area contributed by atoms with Gasteiger partial charge in [0.05, 0.1) is 29.2 Å². The van der Waals surface area contributed by atoms with Gasteiger partial charge in [-0.2, -0.15) is 0 Å². The molecule has 2 saturated heterocycles. The second kappa shape index (κ2) is 10.9. The first-order valence-electron chi connectivity index (χ1n) is 14.5. The Morgan fingerprint density at radius 1 is 1.05 bits per heavy atom. The standard InChI is InChI=1S/C31H41N3O5S/c1-6-20(4)23(19-35)34-26-28(37)33(22-13-11-21(12-14-22)32(7-2)8-3)17-9-16-31(26)24(27(34)36)25-29(38)39-18-10-15-30(25,5)40-31/h9-16,20,23-26,35H,6-8,17-19H2,1-5H3/t20-,23-,24-,25-,26?,30+,31-/m0/s1. The smallest absolute Gasteiger partial charge is 0.311 e. The van der Waals surface area contributed by atoms with Gasteiger partial charge < -0.3 is 24.5 Å². The van der Waals surface area contributed by atoms with Crippen molar-refractivity contribution < 1.29 is 24.2 Å². The average molecular weight is 568 g/mol. The minimum atomic E-state index is -0.967. The molecule has 0 aromatic heterocycles. The van der Waals surface area contributed by atoms with Crippen molar-refractivity contribution in [2.24, 2.45) is 17.8 Å². The summed E-state index contributed by atoms with van der Waals surface area (Å²) in [5.74, 6) is -2.40. The number of ether oxygens (including phenoxy) is 1. The lowest BCUT2D eigenvalue weighted by atomic mass is 9.75. The van der Waals surface area contributed by atoms with Crippen LogP contribution in [0.2, 0.25) is 0 Å². The van der Waals surface area contributed by atoms with Crippen molar-refractivity contribution >= 4 is 40.9 Å². The molecule has 9 heteroatoms. The summed E-state index contributed by atoms with van der Waals surface area (Å²) in [4.78, 5) is 48.1. The van der Waals surface area contributed by atoms with Crippen molar-refractivity contribution in [2.75, 3.05) is 42.6 Å². The van der Waals surface area contributed by atoms with Gasteiger partial charge >= 0.3 is 5.97 Å². The minimum absolute atomic E-state index is 0.0379. The molecule has 0 bridgehead atoms. The Kier molecular flexibility index (Phi) is 7.83. The highest BCUT2D eigenvalue weighted by Gasteiger charge is 2.74. The zero-order chi connectivity index (χ0) is 28.8. The van der Waals surface area contributed by atoms with Gasteiger partial charge in [-0.25, -0.2) is 0 Å². The van der Waals surface area contributed by atoms with Crippen LogP contribution < -0.4 is 9.80 Å². The number of fused-ring (bicyclic) bond motifs is 2. The van der Waals surface area contributed by atoms with Gasteiger partial charge in [0.15, 0.2) is 0 Å². The van der Waals surface area contributed by atoms with E-state index in [0.29, 0.717) is 6.54 Å². The third-order valence-electron chi connectivity index (χ3n) is 9.39. The maximum Gasteiger partial charge on any atom is 0.311 e. The highest BCUT2D eigenvalue weighted by atomic mass is 32.2. The molecule has 8 nitrogen and oxygen atoms in total. The van der Waals surface area contributed by atoms with Gasteiger partial charge in [-0.15, -0.1) is 11.8 Å². The summed E-state index contributed by atoms with van der Waals surface area (Å²) in [6.45, 7) is 12.2. The van der Waals surface area contributed by atoms with Crippen molar-refractivity contribution in [3.8, 4) is 0 Å². The van der Waals surface area contributed by atoms with E-state index in [9.17, 15) is 19.5 Å². The molecular formula is C31H41N3O5S. The monoisotopic (exact) mass is 567 g/mol. The molecule has 1 unspecified atom stereocenters. The molecule has 1 aromatic rings. The third kappa shape index (κ3) is 4.28. The Labute approximate surface area is 241 Å². The first kappa shape index (κ1) is 28.7. The third-order valence-corrected chi connectivity index (χ3v) is 11.2. The summed E-state index contributed by atoms with van der Waals surface area (Å²) in [6, 6.07) is 6.56. The Hall–Kier alpha value is -2.78. The zero-order valence-electron chi connectivity index (χ0n) is 24.1. The lowest BCUT2D eigenvalue weighted by Gasteiger charge is -2.41. The van der Waals surface area contributed by atoms with Gasteiger partial charge in [0, 0.05) is 35.8 Å². The first-order chi connectivity index (χ1) is 19.2. The summed E-state index contributed by atoms with van der Waals surface area (Å²) < 4.78 is 3.85. The molecule has 7 atom stereocenters. The van der Waals surface area contributed by atoms with Crippen LogP contribution in [0.4, 0.5) is 11.4 Å². The number of likely N-dealkylation sites (tertiary alicyclic amines) is 1. The van der Waals surface area contributed by atoms with Gasteiger partial charge in [-0.05, 0) is 57.0 Å². The molecule has 0 saturated carbocycles. The number of carbonyl (C=O) groups is 3. The van der Waals surface area contributed by atoms with Crippen LogP contribution in [-0.2, 0) is 19.1 Å². The van der Waals surface area contributed by atoms with E-state index in [1.165, 1.54) is 11.8 Å². The Balaban J connectivity index is 1.62. The summed E-state index contributed by atoms with van der Waals surface area (Å²) in [6.07, 6.45) is 8.51. The van der Waals surface area contributed by atoms with Gasteiger partial charge in [0.25, 0.3) is 5.91 Å². The number of benzene rings is 1. The van der Waals surface area contributed by atoms with E-state index in [2.05, 4.69) is 18.7 Å². The molecule has 1 aromatic carbocycles. The van der Waals surface area contributed by atoms with Crippen LogP contribution in [0.3, 0.4) is 0 Å². The van der Waals surface area contributed by atoms with Crippen LogP contribution in [0.1, 0.15) is 41.0 Å². The van der Waals surface area contributed by atoms with Crippen molar-refractivity contribution in [3.05, 3.63) is 48.6 Å². The van der Waals surface area contributed by atoms with E-state index in [0.717, 1.165) is 30.9 Å². The van der Waals surface area contributed by atoms with Gasteiger partial charge in [-0.1, -0.05) is 38.5 Å². The van der Waals surface area contributed by atoms with Gasteiger partial charge in [0.1, 0.15) is 12.6 Å². The number of aliphatic hydroxyl groups excluding tert-OH is 1. The molecule has 4 aliphatic heterocycles. The van der Waals surface area contributed by atoms with E-state index < -0.39 is 39.4 Å². The molecule has 1 spiro atoms. The molecule has 0 aliphatic carbocycles. The average Bonchev–Trinajstić information content (AvgIpc) is 3.20. The number of anilines is 2. The number of hydrogen-bond donors (Lipinski definition) is 1. The predicted molar refractivity (Wildman–Crippen MR) is 158 cm³/mol. The van der Waals surface area contributed by atoms with Crippen LogP contribution in [-0.4, -0.2) is 82.2 Å². The molecule has 2 fully saturated rings. The maximum atomic E-state index is 14.7. The number of thioether (sulfide) groups is 1. The number of hydrogen-bond acceptors (Lipinski definition) is 7. The lowest BCUT2D eigenvalue weighted by molar-refractivity contribution is -0.153. The second-order valence-electron chi connectivity index (χ2n) is 11.5. The normalized spacial score (nSPS) is 32.6. The Bertz CT molecular complexity index is 1210. The number of amides is 2. The van der Waals surface area contributed by atoms with Crippen molar-refractivity contribution in [3.63, 3.8) is 0 Å². The molecule has 216 valence electrons. The van der Waals surface area contributed by atoms with Crippen LogP contribution in [0.5, 0.6) is 0 Å². The van der Waals surface area contributed by atoms with Crippen LogP contribution in [0.15, 0.2) is 48.6 Å². The van der Waals surface area contributed by atoms with E-state index in [1.54, 1.807) is 9.80 Å². The van der Waals surface area contributed by atoms with Crippen molar-refractivity contribution in [1.29, 1.82) is 0 Å². The predicted octanol–water partition coefficient (Wildman–Crippen LogP) is 3.64. The van der Waals surface area contributed by atoms with Gasteiger partial charge in [0.2, 0.25) is 5.91 Å². The number of cyclic esters (lactones) is 1. The molecule has 0 radical (unpaired) electrons. The Morgan fingerprint density at radius 3 is 2.38 bits per heavy atom. The summed E-state index contributed by atoms with van der Waals surface area (Å²) in [7, 11) is 0. The van der Waals surface area contributed by atoms with E-state index in [-0.39, 0.29) is 30.9 Å². The molecule has 4 heterocycles. The fourth-order valence-corrected chi connectivity index (χ4v) is 9.27. The molecule has 5 rings (SSSR count). The molecule has 2 amide bonds. The molecule has 1 N–H and O–H groups in total. The SMILES string of the molecule is CC[C@H](C)[C@H](CO)N1C(=O)[C@@H]2[C@H]3C(=O)OCC=C[C@@]3(C)S[C@@]23C=CCN(c2ccc(N(CC)CC)cc2)C(=O)C13. The lowest BCUT2D eigenvalue weighted by Crippen LogP contribution is -2.58. The van der Waals surface area contributed by atoms with Gasteiger partial charge in [-0.3, -0.25) is 14.4 Å². The maximum absolute atomic E-state index is 14.7. The fourth-order valence-electron chi connectivity index (χ4n) is 7.13. The van der Waals surface area contributed by atoms with Crippen molar-refractivity contribution in [1.82, 2.24) is 4.90 Å². The fraction of sp³-hybridized carbons (Fsp3) is 0.581. The van der Waals surface area contributed by atoms with Crippen LogP contribution in [0, 0.1) is 17.8 Å². The van der Waals surface area contributed by atoms with E-state index in [1.807, 2.05) is 69.3 Å². The summed E-state index contributed by atoms with van der Waals surface area (Å²) >= 11 is 1.52. The van der Waals surface area contributed by atoms with Crippen LogP contribution >= 0.6 is 11.8 Å². The highest BCUT2D eigenvalue weighted by molar-refractivity contribution is 8.02. The number of carbonyl (C=O) groups excluding carboxylic acids is 3. The van der Waals surface area contributed by atoms with E-state index >= 15 is 0 Å². The first-order valence-corrected chi connectivity index (χ1v) is 15.3. The van der Waals surface area contributed by atoms with Crippen molar-refractivity contribution in [2.45, 2.75) is 62.6 Å². The van der Waals surface area contributed by atoms with Crippen LogP contribution in [0.25, 0.3) is 0 Å². The number of aliphatic hydroxyl groups is 1. The summed E-state index contributed by atoms with van der Waals surface area (Å²) in [5.41, 5.74) is 1.84. The second-order valence-corrected chi connectivity index (χ2v) is 13.2. The topological polar surface area (TPSA) is 90.4 Å². The highest BCUT2D eigenvalue weighted by Crippen LogP contribution is 2.66. The number of rotatable bonds is 8. The molecular weight excluding hydrogens is 526 g/mol. The Morgan fingerprint density at radius 2 is 1.75 bits per heavy atom. The molecule has 4 aliphatic rings. The molecule has 40 heavy (non-hydrogen) atoms. The van der Waals surface area contributed by atoms with E-state index in [4.69, 9.17) is 4.74 Å². The number of esters is 1. The largest absolute Gasteiger partial charge is 0.461 e. The minimum Gasteiger partial charge on any atom is -0.461 e.